The molecule has 0 radical (unpaired) electrons. The number of aryl methyl sites for hydroxylation is 1. The van der Waals surface area contributed by atoms with Gasteiger partial charge in [-0.25, -0.2) is 8.42 Å². The standard InChI is InChI=1S/C31H38N4O8S/c1-7-28(31(37)32-21(2)3)33(19-23-9-13-25(42-5)14-10-23)30(36)20-34(24-11-15-26(43-6)16-12-24)44(40,41)27-17-8-22(4)29(18-27)35(38)39/h8-18,21,28H,7,19-20H2,1-6H3,(H,32,37)/t28-/m0/s1. The van der Waals surface area contributed by atoms with Crippen LogP contribution in [0, 0.1) is 17.0 Å². The van der Waals surface area contributed by atoms with Crippen molar-refractivity contribution in [1.29, 1.82) is 0 Å². The first-order chi connectivity index (χ1) is 20.8. The summed E-state index contributed by atoms with van der Waals surface area (Å²) in [5.74, 6) is 0.0473. The van der Waals surface area contributed by atoms with Crippen LogP contribution in [0.3, 0.4) is 0 Å². The van der Waals surface area contributed by atoms with Crippen LogP contribution in [0.2, 0.25) is 0 Å². The van der Waals surface area contributed by atoms with Crippen LogP contribution >= 0.6 is 0 Å². The van der Waals surface area contributed by atoms with Gasteiger partial charge in [0.1, 0.15) is 24.1 Å². The molecule has 44 heavy (non-hydrogen) atoms. The highest BCUT2D eigenvalue weighted by molar-refractivity contribution is 7.92. The summed E-state index contributed by atoms with van der Waals surface area (Å²) in [6.45, 7) is 6.21. The van der Waals surface area contributed by atoms with Gasteiger partial charge in [0.05, 0.1) is 29.7 Å². The molecule has 0 saturated carbocycles. The molecule has 1 N–H and O–H groups in total. The van der Waals surface area contributed by atoms with E-state index in [1.807, 2.05) is 0 Å². The number of anilines is 1. The second kappa shape index (κ2) is 14.7. The second-order valence-electron chi connectivity index (χ2n) is 10.4. The van der Waals surface area contributed by atoms with Gasteiger partial charge in [-0.1, -0.05) is 25.1 Å². The second-order valence-corrected chi connectivity index (χ2v) is 12.2. The zero-order chi connectivity index (χ0) is 32.6. The van der Waals surface area contributed by atoms with E-state index in [0.29, 0.717) is 17.1 Å². The molecule has 1 atom stereocenters. The number of amides is 2. The number of carbonyl (C=O) groups excluding carboxylic acids is 2. The van der Waals surface area contributed by atoms with E-state index in [9.17, 15) is 28.1 Å². The van der Waals surface area contributed by atoms with E-state index in [0.717, 1.165) is 10.4 Å². The van der Waals surface area contributed by atoms with Gasteiger partial charge in [0.2, 0.25) is 11.8 Å². The summed E-state index contributed by atoms with van der Waals surface area (Å²) in [5.41, 5.74) is 0.743. The average Bonchev–Trinajstić information content (AvgIpc) is 2.99. The topological polar surface area (TPSA) is 148 Å². The van der Waals surface area contributed by atoms with Crippen LogP contribution in [0.1, 0.15) is 38.3 Å². The van der Waals surface area contributed by atoms with Gasteiger partial charge in [-0.15, -0.1) is 0 Å². The number of carbonyl (C=O) groups is 2. The largest absolute Gasteiger partial charge is 0.497 e. The van der Waals surface area contributed by atoms with Gasteiger partial charge in [0, 0.05) is 24.2 Å². The van der Waals surface area contributed by atoms with Crippen molar-refractivity contribution in [2.75, 3.05) is 25.1 Å². The minimum Gasteiger partial charge on any atom is -0.497 e. The number of hydrogen-bond donors (Lipinski definition) is 1. The molecule has 13 heteroatoms. The fraction of sp³-hybridized carbons (Fsp3) is 0.355. The highest BCUT2D eigenvalue weighted by Crippen LogP contribution is 2.29. The Morgan fingerprint density at radius 2 is 1.52 bits per heavy atom. The molecule has 0 saturated heterocycles. The van der Waals surface area contributed by atoms with Crippen molar-refractivity contribution in [3.8, 4) is 11.5 Å². The van der Waals surface area contributed by atoms with E-state index in [1.54, 1.807) is 57.2 Å². The van der Waals surface area contributed by atoms with E-state index in [-0.39, 0.29) is 46.7 Å². The van der Waals surface area contributed by atoms with E-state index in [4.69, 9.17) is 9.47 Å². The summed E-state index contributed by atoms with van der Waals surface area (Å²) in [5, 5.41) is 14.5. The Morgan fingerprint density at radius 1 is 0.955 bits per heavy atom. The number of nitrogens with one attached hydrogen (secondary N) is 1. The van der Waals surface area contributed by atoms with Crippen molar-refractivity contribution >= 4 is 33.2 Å². The summed E-state index contributed by atoms with van der Waals surface area (Å²) in [7, 11) is -1.51. The van der Waals surface area contributed by atoms with Gasteiger partial charge in [-0.05, 0) is 75.2 Å². The van der Waals surface area contributed by atoms with E-state index < -0.39 is 33.4 Å². The first-order valence-corrected chi connectivity index (χ1v) is 15.4. The Morgan fingerprint density at radius 3 is 2.02 bits per heavy atom. The van der Waals surface area contributed by atoms with Crippen LogP contribution in [0.5, 0.6) is 11.5 Å². The third kappa shape index (κ3) is 8.04. The predicted octanol–water partition coefficient (Wildman–Crippen LogP) is 4.45. The molecule has 0 aromatic heterocycles. The fourth-order valence-electron chi connectivity index (χ4n) is 4.58. The quantitative estimate of drug-likeness (QED) is 0.204. The van der Waals surface area contributed by atoms with Crippen LogP contribution in [0.4, 0.5) is 11.4 Å². The van der Waals surface area contributed by atoms with Crippen LogP contribution in [-0.2, 0) is 26.2 Å². The summed E-state index contributed by atoms with van der Waals surface area (Å²) in [6.07, 6.45) is 0.264. The highest BCUT2D eigenvalue weighted by Gasteiger charge is 2.34. The fourth-order valence-corrected chi connectivity index (χ4v) is 6.01. The van der Waals surface area contributed by atoms with Crippen molar-refractivity contribution in [2.24, 2.45) is 0 Å². The summed E-state index contributed by atoms with van der Waals surface area (Å²) in [6, 6.07) is 15.5. The molecule has 0 spiro atoms. The molecular weight excluding hydrogens is 588 g/mol. The molecule has 236 valence electrons. The minimum absolute atomic E-state index is 0.0132. The molecule has 0 fully saturated rings. The Balaban J connectivity index is 2.12. The highest BCUT2D eigenvalue weighted by atomic mass is 32.2. The average molecular weight is 627 g/mol. The molecule has 2 amide bonds. The van der Waals surface area contributed by atoms with Gasteiger partial charge >= 0.3 is 0 Å². The van der Waals surface area contributed by atoms with Crippen LogP contribution in [0.25, 0.3) is 0 Å². The molecule has 0 aliphatic rings. The number of hydrogen-bond acceptors (Lipinski definition) is 8. The lowest BCUT2D eigenvalue weighted by molar-refractivity contribution is -0.385. The third-order valence-corrected chi connectivity index (χ3v) is 8.70. The van der Waals surface area contributed by atoms with Crippen LogP contribution in [-0.4, -0.2) is 62.9 Å². The monoisotopic (exact) mass is 626 g/mol. The van der Waals surface area contributed by atoms with Crippen LogP contribution < -0.4 is 19.1 Å². The van der Waals surface area contributed by atoms with Crippen molar-refractivity contribution in [3.63, 3.8) is 0 Å². The number of ether oxygens (including phenoxy) is 2. The number of nitro benzene ring substituents is 1. The Bertz CT molecular complexity index is 1580. The number of nitrogens with zero attached hydrogens (tertiary/aromatic N) is 3. The first kappa shape index (κ1) is 33.8. The molecule has 12 nitrogen and oxygen atoms in total. The Hall–Kier alpha value is -4.65. The first-order valence-electron chi connectivity index (χ1n) is 14.0. The van der Waals surface area contributed by atoms with E-state index >= 15 is 0 Å². The summed E-state index contributed by atoms with van der Waals surface area (Å²) in [4.78, 5) is 39.4. The van der Waals surface area contributed by atoms with Gasteiger partial charge in [0.15, 0.2) is 0 Å². The summed E-state index contributed by atoms with van der Waals surface area (Å²) >= 11 is 0. The smallest absolute Gasteiger partial charge is 0.273 e. The van der Waals surface area contributed by atoms with Crippen molar-refractivity contribution in [3.05, 3.63) is 88.0 Å². The van der Waals surface area contributed by atoms with Crippen molar-refractivity contribution in [1.82, 2.24) is 10.2 Å². The molecule has 0 heterocycles. The molecule has 3 aromatic rings. The van der Waals surface area contributed by atoms with Gasteiger partial charge in [-0.3, -0.25) is 24.0 Å². The van der Waals surface area contributed by atoms with E-state index in [1.165, 1.54) is 50.3 Å². The lowest BCUT2D eigenvalue weighted by Crippen LogP contribution is -2.53. The van der Waals surface area contributed by atoms with Gasteiger partial charge in [0.25, 0.3) is 15.7 Å². The lowest BCUT2D eigenvalue weighted by Gasteiger charge is -2.33. The molecule has 3 aromatic carbocycles. The van der Waals surface area contributed by atoms with Gasteiger partial charge in [-0.2, -0.15) is 0 Å². The Kier molecular flexibility index (Phi) is 11.3. The maximum atomic E-state index is 14.2. The van der Waals surface area contributed by atoms with Crippen LogP contribution in [0.15, 0.2) is 71.6 Å². The third-order valence-electron chi connectivity index (χ3n) is 6.93. The molecule has 0 bridgehead atoms. The lowest BCUT2D eigenvalue weighted by atomic mass is 10.1. The molecule has 3 rings (SSSR count). The molecule has 0 unspecified atom stereocenters. The van der Waals surface area contributed by atoms with Crippen molar-refractivity contribution in [2.45, 2.75) is 57.6 Å². The zero-order valence-electron chi connectivity index (χ0n) is 25.6. The zero-order valence-corrected chi connectivity index (χ0v) is 26.5. The normalized spacial score (nSPS) is 11.9. The molecule has 0 aliphatic heterocycles. The number of benzene rings is 3. The number of methoxy groups -OCH3 is 2. The number of nitro groups is 1. The maximum absolute atomic E-state index is 14.2. The maximum Gasteiger partial charge on any atom is 0.273 e. The van der Waals surface area contributed by atoms with Gasteiger partial charge < -0.3 is 19.7 Å². The molecule has 0 aliphatic carbocycles. The number of sulfonamides is 1. The minimum atomic E-state index is -4.51. The van der Waals surface area contributed by atoms with E-state index in [2.05, 4.69) is 5.32 Å². The summed E-state index contributed by atoms with van der Waals surface area (Å²) < 4.78 is 39.5. The van der Waals surface area contributed by atoms with Crippen molar-refractivity contribution < 1.29 is 32.4 Å². The molecular formula is C31H38N4O8S. The predicted molar refractivity (Wildman–Crippen MR) is 166 cm³/mol. The Labute approximate surface area is 257 Å². The SMILES string of the molecule is CC[C@@H](C(=O)NC(C)C)N(Cc1ccc(OC)cc1)C(=O)CN(c1ccc(OC)cc1)S(=O)(=O)c1ccc(C)c([N+](=O)[O-])c1. The number of rotatable bonds is 14.